The molecule has 0 bridgehead atoms. The molecule has 0 radical (unpaired) electrons. The number of aliphatic hydroxyl groups is 1. The molecule has 206 valence electrons. The third-order valence-electron chi connectivity index (χ3n) is 5.86. The molecule has 0 saturated heterocycles. The molecule has 0 amide bonds. The minimum Gasteiger partial charge on any atom is -0.478 e. The lowest BCUT2D eigenvalue weighted by Gasteiger charge is -2.30. The molecule has 0 fully saturated rings. The second kappa shape index (κ2) is 13.1. The van der Waals surface area contributed by atoms with Crippen LogP contribution in [0.4, 0.5) is 13.2 Å². The van der Waals surface area contributed by atoms with Crippen molar-refractivity contribution in [2.45, 2.75) is 92.5 Å². The number of aromatic carboxylic acids is 1. The first-order valence-electron chi connectivity index (χ1n) is 11.4. The van der Waals surface area contributed by atoms with Crippen LogP contribution in [0.25, 0.3) is 0 Å². The number of alkyl halides is 3. The largest absolute Gasteiger partial charge is 0.478 e. The SMILES string of the molecule is CCC(C)(C)C(=O)OC(C)CC(C)(O)C(F)(F)F.CCC(C)(C)C(=O)Oc1ccc(I)c(C(=O)O)c1. The fourth-order valence-electron chi connectivity index (χ4n) is 2.33. The number of hydrogen-bond acceptors (Lipinski definition) is 6. The van der Waals surface area contributed by atoms with Gasteiger partial charge in [0.05, 0.1) is 16.4 Å². The van der Waals surface area contributed by atoms with Gasteiger partial charge in [-0.2, -0.15) is 13.2 Å². The highest BCUT2D eigenvalue weighted by Gasteiger charge is 2.51. The Labute approximate surface area is 223 Å². The fourth-order valence-corrected chi connectivity index (χ4v) is 2.89. The van der Waals surface area contributed by atoms with Crippen molar-refractivity contribution in [3.8, 4) is 5.75 Å². The van der Waals surface area contributed by atoms with Crippen molar-refractivity contribution in [3.63, 3.8) is 0 Å². The number of esters is 2. The Balaban J connectivity index is 0.000000681. The zero-order valence-corrected chi connectivity index (χ0v) is 24.0. The summed E-state index contributed by atoms with van der Waals surface area (Å²) >= 11 is 1.93. The Morgan fingerprint density at radius 1 is 0.972 bits per heavy atom. The maximum absolute atomic E-state index is 12.4. The highest BCUT2D eigenvalue weighted by molar-refractivity contribution is 14.1. The first kappa shape index (κ1) is 34.1. The van der Waals surface area contributed by atoms with Gasteiger partial charge in [0.1, 0.15) is 11.9 Å². The average molecular weight is 632 g/mol. The van der Waals surface area contributed by atoms with Crippen LogP contribution in [0.5, 0.6) is 5.75 Å². The van der Waals surface area contributed by atoms with Crippen molar-refractivity contribution in [2.75, 3.05) is 0 Å². The summed E-state index contributed by atoms with van der Waals surface area (Å²) < 4.78 is 48.1. The predicted octanol–water partition coefficient (Wildman–Crippen LogP) is 6.39. The van der Waals surface area contributed by atoms with E-state index in [0.29, 0.717) is 23.3 Å². The van der Waals surface area contributed by atoms with Crippen LogP contribution in [0.1, 0.15) is 85.0 Å². The van der Waals surface area contributed by atoms with Crippen molar-refractivity contribution >= 4 is 40.5 Å². The Morgan fingerprint density at radius 2 is 1.44 bits per heavy atom. The van der Waals surface area contributed by atoms with Gasteiger partial charge in [0.15, 0.2) is 5.60 Å². The Hall–Kier alpha value is -1.89. The summed E-state index contributed by atoms with van der Waals surface area (Å²) in [4.78, 5) is 34.5. The predicted molar refractivity (Wildman–Crippen MR) is 137 cm³/mol. The molecule has 1 rings (SSSR count). The van der Waals surface area contributed by atoms with Crippen LogP contribution >= 0.6 is 22.6 Å². The second-order valence-electron chi connectivity index (χ2n) is 10.0. The van der Waals surface area contributed by atoms with Gasteiger partial charge in [0.25, 0.3) is 0 Å². The third-order valence-corrected chi connectivity index (χ3v) is 6.80. The zero-order chi connectivity index (χ0) is 28.7. The Morgan fingerprint density at radius 3 is 1.86 bits per heavy atom. The average Bonchev–Trinajstić information content (AvgIpc) is 2.73. The van der Waals surface area contributed by atoms with E-state index in [2.05, 4.69) is 0 Å². The topological polar surface area (TPSA) is 110 Å². The Kier molecular flexibility index (Phi) is 12.4. The molecular weight excluding hydrogens is 596 g/mol. The van der Waals surface area contributed by atoms with Crippen LogP contribution in [0.3, 0.4) is 0 Å². The van der Waals surface area contributed by atoms with Crippen molar-refractivity contribution in [2.24, 2.45) is 10.8 Å². The lowest BCUT2D eigenvalue weighted by atomic mass is 9.90. The van der Waals surface area contributed by atoms with E-state index in [-0.39, 0.29) is 17.3 Å². The number of halogens is 4. The van der Waals surface area contributed by atoms with Gasteiger partial charge in [-0.05, 0) is 95.2 Å². The molecule has 0 aliphatic rings. The van der Waals surface area contributed by atoms with Gasteiger partial charge in [-0.3, -0.25) is 9.59 Å². The summed E-state index contributed by atoms with van der Waals surface area (Å²) in [7, 11) is 0. The van der Waals surface area contributed by atoms with E-state index in [1.54, 1.807) is 46.8 Å². The fraction of sp³-hybridized carbons (Fsp3) is 0.640. The summed E-state index contributed by atoms with van der Waals surface area (Å²) in [6, 6.07) is 4.58. The van der Waals surface area contributed by atoms with Crippen molar-refractivity contribution in [1.82, 2.24) is 0 Å². The van der Waals surface area contributed by atoms with Gasteiger partial charge in [0.2, 0.25) is 0 Å². The summed E-state index contributed by atoms with van der Waals surface area (Å²) in [6.45, 7) is 12.6. The number of carbonyl (C=O) groups is 3. The quantitative estimate of drug-likeness (QED) is 0.185. The first-order chi connectivity index (χ1) is 16.1. The van der Waals surface area contributed by atoms with Crippen LogP contribution in [-0.4, -0.2) is 46.0 Å². The first-order valence-corrected chi connectivity index (χ1v) is 12.4. The number of rotatable bonds is 9. The van der Waals surface area contributed by atoms with Crippen LogP contribution in [0, 0.1) is 14.4 Å². The Bertz CT molecular complexity index is 925. The minimum absolute atomic E-state index is 0.134. The van der Waals surface area contributed by atoms with Crippen LogP contribution in [-0.2, 0) is 14.3 Å². The van der Waals surface area contributed by atoms with Crippen LogP contribution < -0.4 is 4.74 Å². The molecule has 0 saturated carbocycles. The molecule has 0 aromatic heterocycles. The number of carboxylic acids is 1. The smallest absolute Gasteiger partial charge is 0.417 e. The molecule has 1 aromatic carbocycles. The molecule has 7 nitrogen and oxygen atoms in total. The second-order valence-corrected chi connectivity index (χ2v) is 11.2. The van der Waals surface area contributed by atoms with Gasteiger partial charge in [-0.25, -0.2) is 4.79 Å². The van der Waals surface area contributed by atoms with Gasteiger partial charge in [0, 0.05) is 9.99 Å². The molecule has 0 aliphatic carbocycles. The molecule has 0 spiro atoms. The van der Waals surface area contributed by atoms with Crippen molar-refractivity contribution in [1.29, 1.82) is 0 Å². The van der Waals surface area contributed by atoms with Gasteiger partial charge >= 0.3 is 24.1 Å². The van der Waals surface area contributed by atoms with Crippen molar-refractivity contribution < 1.29 is 47.2 Å². The minimum atomic E-state index is -4.74. The molecule has 2 unspecified atom stereocenters. The number of carbonyl (C=O) groups excluding carboxylic acids is 2. The molecule has 2 N–H and O–H groups in total. The number of benzene rings is 1. The maximum Gasteiger partial charge on any atom is 0.417 e. The van der Waals surface area contributed by atoms with Crippen LogP contribution in [0.2, 0.25) is 0 Å². The standard InChI is InChI=1S/C13H15IO4.C12H21F3O3/c1-4-13(2,3)12(17)18-8-5-6-10(14)9(7-8)11(15)16;1-6-10(3,4)9(16)18-8(2)7-11(5,17)12(13,14)15/h5-7H,4H2,1-3H3,(H,15,16);8,17H,6-7H2,1-5H3. The molecule has 0 aliphatic heterocycles. The zero-order valence-electron chi connectivity index (χ0n) is 21.9. The molecule has 0 heterocycles. The van der Waals surface area contributed by atoms with Gasteiger partial charge in [-0.1, -0.05) is 13.8 Å². The molecule has 1 aromatic rings. The van der Waals surface area contributed by atoms with E-state index in [9.17, 15) is 32.7 Å². The number of hydrogen-bond donors (Lipinski definition) is 2. The highest BCUT2D eigenvalue weighted by atomic mass is 127. The van der Waals surface area contributed by atoms with E-state index in [1.165, 1.54) is 13.0 Å². The third kappa shape index (κ3) is 10.2. The maximum atomic E-state index is 12.4. The monoisotopic (exact) mass is 632 g/mol. The molecule has 36 heavy (non-hydrogen) atoms. The lowest BCUT2D eigenvalue weighted by molar-refractivity contribution is -0.261. The summed E-state index contributed by atoms with van der Waals surface area (Å²) in [5, 5.41) is 18.3. The van der Waals surface area contributed by atoms with Crippen LogP contribution in [0.15, 0.2) is 18.2 Å². The number of ether oxygens (including phenoxy) is 2. The van der Waals surface area contributed by atoms with E-state index < -0.39 is 47.1 Å². The van der Waals surface area contributed by atoms with E-state index in [1.807, 2.05) is 29.5 Å². The number of carboxylic acid groups (broad SMARTS) is 1. The normalized spacial score (nSPS) is 14.6. The molecule has 11 heteroatoms. The molecular formula is C25H36F3IO7. The molecule has 2 atom stereocenters. The highest BCUT2D eigenvalue weighted by Crippen LogP contribution is 2.34. The lowest BCUT2D eigenvalue weighted by Crippen LogP contribution is -2.45. The van der Waals surface area contributed by atoms with Gasteiger partial charge < -0.3 is 19.7 Å². The van der Waals surface area contributed by atoms with E-state index in [0.717, 1.165) is 0 Å². The van der Waals surface area contributed by atoms with Gasteiger partial charge in [-0.15, -0.1) is 0 Å². The van der Waals surface area contributed by atoms with Crippen molar-refractivity contribution in [3.05, 3.63) is 27.3 Å². The summed E-state index contributed by atoms with van der Waals surface area (Å²) in [5.74, 6) is -1.69. The van der Waals surface area contributed by atoms with E-state index in [4.69, 9.17) is 14.6 Å². The van der Waals surface area contributed by atoms with E-state index >= 15 is 0 Å². The summed E-state index contributed by atoms with van der Waals surface area (Å²) in [5.41, 5.74) is -4.04. The summed E-state index contributed by atoms with van der Waals surface area (Å²) in [6.07, 6.45) is -5.24.